The molecule has 4 heteroatoms. The molecular weight excluding hydrogens is 268 g/mol. The van der Waals surface area contributed by atoms with Crippen molar-refractivity contribution in [1.82, 2.24) is 0 Å². The molecule has 0 aromatic heterocycles. The van der Waals surface area contributed by atoms with Crippen LogP contribution in [0.2, 0.25) is 5.02 Å². The zero-order valence-corrected chi connectivity index (χ0v) is 10.8. The average Bonchev–Trinajstić information content (AvgIpc) is 2.33. The van der Waals surface area contributed by atoms with Crippen LogP contribution in [0.3, 0.4) is 0 Å². The van der Waals surface area contributed by atoms with Gasteiger partial charge in [0.1, 0.15) is 5.82 Å². The lowest BCUT2D eigenvalue weighted by Gasteiger charge is -2.30. The second-order valence-electron chi connectivity index (χ2n) is 4.73. The first-order valence-electron chi connectivity index (χ1n) is 6.11. The van der Waals surface area contributed by atoms with Crippen molar-refractivity contribution >= 4 is 17.3 Å². The standard InChI is InChI=1S/C15H12ClF2N/c16-13-6-11(17)7-14(18)15(13)19-8-10-5-9-3-1-2-4-12(9)10/h1-4,6-7,10,19H,5,8H2. The molecule has 0 spiro atoms. The van der Waals surface area contributed by atoms with Crippen molar-refractivity contribution < 1.29 is 8.78 Å². The Balaban J connectivity index is 1.72. The Hall–Kier alpha value is -1.61. The topological polar surface area (TPSA) is 12.0 Å². The first-order valence-corrected chi connectivity index (χ1v) is 6.49. The fourth-order valence-electron chi connectivity index (χ4n) is 2.48. The molecule has 0 heterocycles. The lowest BCUT2D eigenvalue weighted by molar-refractivity contribution is 0.582. The van der Waals surface area contributed by atoms with Crippen molar-refractivity contribution in [2.24, 2.45) is 0 Å². The summed E-state index contributed by atoms with van der Waals surface area (Å²) in [6.07, 6.45) is 0.976. The molecule has 0 bridgehead atoms. The SMILES string of the molecule is Fc1cc(F)c(NCC2Cc3ccccc32)c(Cl)c1. The van der Waals surface area contributed by atoms with Gasteiger partial charge in [-0.05, 0) is 23.6 Å². The molecule has 1 aliphatic rings. The smallest absolute Gasteiger partial charge is 0.150 e. The zero-order chi connectivity index (χ0) is 13.4. The number of halogens is 3. The molecule has 3 rings (SSSR count). The second kappa shape index (κ2) is 4.82. The van der Waals surface area contributed by atoms with E-state index in [1.807, 2.05) is 12.1 Å². The van der Waals surface area contributed by atoms with Gasteiger partial charge >= 0.3 is 0 Å². The Labute approximate surface area is 115 Å². The number of benzene rings is 2. The normalized spacial score (nSPS) is 16.7. The Bertz CT molecular complexity index is 604. The molecule has 19 heavy (non-hydrogen) atoms. The number of hydrogen-bond acceptors (Lipinski definition) is 1. The summed E-state index contributed by atoms with van der Waals surface area (Å²) < 4.78 is 26.5. The highest BCUT2D eigenvalue weighted by atomic mass is 35.5. The van der Waals surface area contributed by atoms with E-state index < -0.39 is 11.6 Å². The van der Waals surface area contributed by atoms with Crippen molar-refractivity contribution in [3.8, 4) is 0 Å². The van der Waals surface area contributed by atoms with Gasteiger partial charge in [0.05, 0.1) is 10.7 Å². The van der Waals surface area contributed by atoms with Gasteiger partial charge in [0, 0.05) is 18.5 Å². The van der Waals surface area contributed by atoms with Gasteiger partial charge in [-0.25, -0.2) is 8.78 Å². The lowest BCUT2D eigenvalue weighted by atomic mass is 9.77. The van der Waals surface area contributed by atoms with E-state index in [9.17, 15) is 8.78 Å². The van der Waals surface area contributed by atoms with Crippen LogP contribution in [0.25, 0.3) is 0 Å². The summed E-state index contributed by atoms with van der Waals surface area (Å²) >= 11 is 5.84. The Kier molecular flexibility index (Phi) is 3.15. The molecule has 2 aromatic rings. The van der Waals surface area contributed by atoms with Gasteiger partial charge in [0.25, 0.3) is 0 Å². The van der Waals surface area contributed by atoms with E-state index in [1.165, 1.54) is 11.1 Å². The molecule has 1 atom stereocenters. The van der Waals surface area contributed by atoms with Crippen LogP contribution >= 0.6 is 11.6 Å². The maximum atomic E-state index is 13.6. The first-order chi connectivity index (χ1) is 9.15. The summed E-state index contributed by atoms with van der Waals surface area (Å²) in [6, 6.07) is 10.1. The van der Waals surface area contributed by atoms with E-state index in [0.29, 0.717) is 12.5 Å². The van der Waals surface area contributed by atoms with Gasteiger partial charge in [-0.3, -0.25) is 0 Å². The van der Waals surface area contributed by atoms with E-state index in [2.05, 4.69) is 17.4 Å². The van der Waals surface area contributed by atoms with Crippen molar-refractivity contribution in [3.05, 3.63) is 64.2 Å². The van der Waals surface area contributed by atoms with E-state index in [0.717, 1.165) is 18.6 Å². The minimum absolute atomic E-state index is 0.0742. The van der Waals surface area contributed by atoms with Gasteiger partial charge in [-0.15, -0.1) is 0 Å². The summed E-state index contributed by atoms with van der Waals surface area (Å²) in [4.78, 5) is 0. The van der Waals surface area contributed by atoms with Gasteiger partial charge in [0.2, 0.25) is 0 Å². The fraction of sp³-hybridized carbons (Fsp3) is 0.200. The van der Waals surface area contributed by atoms with Crippen LogP contribution in [0.15, 0.2) is 36.4 Å². The van der Waals surface area contributed by atoms with Crippen LogP contribution in [0.4, 0.5) is 14.5 Å². The molecule has 0 amide bonds. The van der Waals surface area contributed by atoms with Crippen LogP contribution in [-0.4, -0.2) is 6.54 Å². The monoisotopic (exact) mass is 279 g/mol. The van der Waals surface area contributed by atoms with Crippen molar-refractivity contribution in [3.63, 3.8) is 0 Å². The number of anilines is 1. The van der Waals surface area contributed by atoms with Crippen LogP contribution in [0.5, 0.6) is 0 Å². The summed E-state index contributed by atoms with van der Waals surface area (Å²) in [7, 11) is 0. The number of hydrogen-bond donors (Lipinski definition) is 1. The molecule has 1 N–H and O–H groups in total. The second-order valence-corrected chi connectivity index (χ2v) is 5.13. The van der Waals surface area contributed by atoms with Gasteiger partial charge in [-0.1, -0.05) is 35.9 Å². The number of nitrogens with one attached hydrogen (secondary N) is 1. The van der Waals surface area contributed by atoms with Crippen LogP contribution in [0.1, 0.15) is 17.0 Å². The molecule has 0 aliphatic heterocycles. The maximum Gasteiger partial charge on any atom is 0.150 e. The van der Waals surface area contributed by atoms with Crippen LogP contribution < -0.4 is 5.32 Å². The molecule has 98 valence electrons. The average molecular weight is 280 g/mol. The van der Waals surface area contributed by atoms with Crippen molar-refractivity contribution in [2.45, 2.75) is 12.3 Å². The summed E-state index contributed by atoms with van der Waals surface area (Å²) in [6.45, 7) is 0.597. The summed E-state index contributed by atoms with van der Waals surface area (Å²) in [5.74, 6) is -0.962. The lowest BCUT2D eigenvalue weighted by Crippen LogP contribution is -2.24. The van der Waals surface area contributed by atoms with E-state index in [1.54, 1.807) is 0 Å². The third-order valence-electron chi connectivity index (χ3n) is 3.49. The van der Waals surface area contributed by atoms with Crippen molar-refractivity contribution in [1.29, 1.82) is 0 Å². The van der Waals surface area contributed by atoms with Crippen LogP contribution in [0, 0.1) is 11.6 Å². The number of rotatable bonds is 3. The fourth-order valence-corrected chi connectivity index (χ4v) is 2.74. The van der Waals surface area contributed by atoms with E-state index in [4.69, 9.17) is 11.6 Å². The Morgan fingerprint density at radius 3 is 2.74 bits per heavy atom. The molecule has 1 aliphatic carbocycles. The molecular formula is C15H12ClF2N. The molecule has 2 aromatic carbocycles. The highest BCUT2D eigenvalue weighted by Crippen LogP contribution is 2.35. The molecule has 1 nitrogen and oxygen atoms in total. The first kappa shape index (κ1) is 12.4. The molecule has 0 radical (unpaired) electrons. The van der Waals surface area contributed by atoms with E-state index >= 15 is 0 Å². The third-order valence-corrected chi connectivity index (χ3v) is 3.79. The molecule has 1 unspecified atom stereocenters. The Morgan fingerprint density at radius 1 is 1.21 bits per heavy atom. The minimum atomic E-state index is -0.665. The molecule has 0 saturated carbocycles. The minimum Gasteiger partial charge on any atom is -0.381 e. The highest BCUT2D eigenvalue weighted by molar-refractivity contribution is 6.33. The number of fused-ring (bicyclic) bond motifs is 1. The van der Waals surface area contributed by atoms with Gasteiger partial charge in [0.15, 0.2) is 5.82 Å². The third kappa shape index (κ3) is 2.30. The zero-order valence-electron chi connectivity index (χ0n) is 10.1. The molecule has 0 saturated heterocycles. The Morgan fingerprint density at radius 2 is 2.00 bits per heavy atom. The molecule has 0 fully saturated rings. The summed E-state index contributed by atoms with van der Waals surface area (Å²) in [5.41, 5.74) is 2.79. The highest BCUT2D eigenvalue weighted by Gasteiger charge is 2.25. The van der Waals surface area contributed by atoms with Gasteiger partial charge in [-0.2, -0.15) is 0 Å². The van der Waals surface area contributed by atoms with Crippen LogP contribution in [-0.2, 0) is 6.42 Å². The quantitative estimate of drug-likeness (QED) is 0.880. The predicted octanol–water partition coefficient (Wildman–Crippen LogP) is 4.37. The maximum absolute atomic E-state index is 13.6. The summed E-state index contributed by atoms with van der Waals surface area (Å²) in [5, 5.41) is 3.05. The van der Waals surface area contributed by atoms with Crippen molar-refractivity contribution in [2.75, 3.05) is 11.9 Å². The largest absolute Gasteiger partial charge is 0.381 e. The van der Waals surface area contributed by atoms with E-state index in [-0.39, 0.29) is 10.7 Å². The van der Waals surface area contributed by atoms with Gasteiger partial charge < -0.3 is 5.32 Å². The predicted molar refractivity (Wildman–Crippen MR) is 72.7 cm³/mol.